The van der Waals surface area contributed by atoms with Crippen molar-refractivity contribution in [3.63, 3.8) is 0 Å². The first-order chi connectivity index (χ1) is 15.6. The van der Waals surface area contributed by atoms with E-state index in [4.69, 9.17) is 15.2 Å². The fourth-order valence-electron chi connectivity index (χ4n) is 2.91. The minimum atomic E-state index is -0.398. The molecule has 32 heavy (non-hydrogen) atoms. The van der Waals surface area contributed by atoms with Crippen LogP contribution in [-0.2, 0) is 4.74 Å². The molecule has 0 saturated carbocycles. The Balaban J connectivity index is 1.45. The Kier molecular flexibility index (Phi) is 6.12. The van der Waals surface area contributed by atoms with Crippen LogP contribution in [0.3, 0.4) is 0 Å². The normalized spacial score (nSPS) is 10.3. The zero-order valence-electron chi connectivity index (χ0n) is 17.3. The van der Waals surface area contributed by atoms with Gasteiger partial charge in [-0.2, -0.15) is 0 Å². The van der Waals surface area contributed by atoms with E-state index >= 15 is 0 Å². The van der Waals surface area contributed by atoms with Crippen molar-refractivity contribution < 1.29 is 14.3 Å². The molecule has 0 aliphatic rings. The zero-order chi connectivity index (χ0) is 22.3. The molecule has 3 aromatic carbocycles. The molecule has 4 N–H and O–H groups in total. The van der Waals surface area contributed by atoms with Gasteiger partial charge in [0, 0.05) is 11.4 Å². The van der Waals surface area contributed by atoms with Crippen LogP contribution in [-0.4, -0.2) is 23.0 Å². The molecule has 8 heteroatoms. The van der Waals surface area contributed by atoms with Gasteiger partial charge in [-0.1, -0.05) is 18.2 Å². The highest BCUT2D eigenvalue weighted by molar-refractivity contribution is 5.90. The van der Waals surface area contributed by atoms with Crippen molar-refractivity contribution in [2.45, 2.75) is 0 Å². The van der Waals surface area contributed by atoms with Crippen molar-refractivity contribution in [2.24, 2.45) is 0 Å². The number of nitrogens with two attached hydrogens (primary N) is 1. The van der Waals surface area contributed by atoms with E-state index in [1.165, 1.54) is 13.4 Å². The van der Waals surface area contributed by atoms with Crippen LogP contribution in [0.2, 0.25) is 0 Å². The zero-order valence-corrected chi connectivity index (χ0v) is 17.3. The van der Waals surface area contributed by atoms with E-state index in [0.29, 0.717) is 22.9 Å². The third-order valence-electron chi connectivity index (χ3n) is 4.55. The highest BCUT2D eigenvalue weighted by atomic mass is 16.5. The van der Waals surface area contributed by atoms with Crippen molar-refractivity contribution in [1.82, 2.24) is 9.97 Å². The minimum Gasteiger partial charge on any atom is -0.465 e. The summed E-state index contributed by atoms with van der Waals surface area (Å²) in [6.45, 7) is 0. The number of anilines is 5. The fourth-order valence-corrected chi connectivity index (χ4v) is 2.91. The van der Waals surface area contributed by atoms with Crippen molar-refractivity contribution in [3.05, 3.63) is 90.8 Å². The lowest BCUT2D eigenvalue weighted by Gasteiger charge is -2.13. The molecule has 0 saturated heterocycles. The van der Waals surface area contributed by atoms with E-state index in [1.807, 2.05) is 54.6 Å². The number of ether oxygens (including phenoxy) is 2. The molecule has 0 atom stereocenters. The monoisotopic (exact) mass is 427 g/mol. The number of carbonyl (C=O) groups is 1. The third kappa shape index (κ3) is 4.93. The van der Waals surface area contributed by atoms with E-state index in [2.05, 4.69) is 20.6 Å². The number of nitrogens with one attached hydrogen (secondary N) is 2. The smallest absolute Gasteiger partial charge is 0.337 e. The van der Waals surface area contributed by atoms with E-state index < -0.39 is 5.97 Å². The lowest BCUT2D eigenvalue weighted by molar-refractivity contribution is 0.0601. The van der Waals surface area contributed by atoms with Crippen LogP contribution in [0, 0.1) is 0 Å². The molecule has 160 valence electrons. The Morgan fingerprint density at radius 2 is 1.31 bits per heavy atom. The number of methoxy groups -OCH3 is 1. The topological polar surface area (TPSA) is 111 Å². The van der Waals surface area contributed by atoms with Gasteiger partial charge in [-0.25, -0.2) is 14.8 Å². The SMILES string of the molecule is COC(=O)c1ccc(Nc2ncnc(Nc3ccc(Oc4ccccc4)cc3)c2N)cc1. The lowest BCUT2D eigenvalue weighted by Crippen LogP contribution is -2.05. The van der Waals surface area contributed by atoms with Gasteiger partial charge in [0.05, 0.1) is 12.7 Å². The van der Waals surface area contributed by atoms with Gasteiger partial charge in [0.1, 0.15) is 23.5 Å². The number of para-hydroxylation sites is 1. The summed E-state index contributed by atoms with van der Waals surface area (Å²) in [5, 5.41) is 6.32. The van der Waals surface area contributed by atoms with Crippen molar-refractivity contribution >= 4 is 34.7 Å². The Morgan fingerprint density at radius 1 is 0.781 bits per heavy atom. The predicted octanol–water partition coefficient (Wildman–Crippen LogP) is 5.12. The number of aromatic nitrogens is 2. The first-order valence-electron chi connectivity index (χ1n) is 9.78. The summed E-state index contributed by atoms with van der Waals surface area (Å²) in [5.74, 6) is 1.99. The van der Waals surface area contributed by atoms with E-state index in [0.717, 1.165) is 22.9 Å². The van der Waals surface area contributed by atoms with Gasteiger partial charge in [-0.3, -0.25) is 0 Å². The molecule has 4 aromatic rings. The van der Waals surface area contributed by atoms with Gasteiger partial charge in [-0.05, 0) is 60.7 Å². The van der Waals surface area contributed by atoms with E-state index in [9.17, 15) is 4.79 Å². The van der Waals surface area contributed by atoms with Crippen LogP contribution in [0.4, 0.5) is 28.7 Å². The van der Waals surface area contributed by atoms with E-state index in [1.54, 1.807) is 24.3 Å². The minimum absolute atomic E-state index is 0.356. The van der Waals surface area contributed by atoms with Gasteiger partial charge >= 0.3 is 5.97 Å². The largest absolute Gasteiger partial charge is 0.465 e. The molecular formula is C24H21N5O3. The average Bonchev–Trinajstić information content (AvgIpc) is 2.83. The maximum atomic E-state index is 11.6. The molecule has 0 radical (unpaired) electrons. The molecule has 0 fully saturated rings. The third-order valence-corrected chi connectivity index (χ3v) is 4.55. The van der Waals surface area contributed by atoms with Crippen LogP contribution in [0.15, 0.2) is 85.2 Å². The maximum absolute atomic E-state index is 11.6. The Hall–Kier alpha value is -4.59. The molecule has 0 aliphatic carbocycles. The van der Waals surface area contributed by atoms with Crippen LogP contribution in [0.1, 0.15) is 10.4 Å². The molecule has 4 rings (SSSR count). The molecular weight excluding hydrogens is 406 g/mol. The second kappa shape index (κ2) is 9.48. The van der Waals surface area contributed by atoms with Crippen molar-refractivity contribution in [3.8, 4) is 11.5 Å². The van der Waals surface area contributed by atoms with Gasteiger partial charge in [0.25, 0.3) is 0 Å². The Bertz CT molecular complexity index is 1200. The van der Waals surface area contributed by atoms with Gasteiger partial charge in [0.15, 0.2) is 11.6 Å². The summed E-state index contributed by atoms with van der Waals surface area (Å²) in [7, 11) is 1.34. The number of rotatable bonds is 7. The quantitative estimate of drug-likeness (QED) is 0.348. The van der Waals surface area contributed by atoms with Crippen molar-refractivity contribution in [1.29, 1.82) is 0 Å². The highest BCUT2D eigenvalue weighted by Crippen LogP contribution is 2.29. The van der Waals surface area contributed by atoms with Gasteiger partial charge < -0.3 is 25.8 Å². The van der Waals surface area contributed by atoms with Crippen molar-refractivity contribution in [2.75, 3.05) is 23.5 Å². The number of hydrogen-bond donors (Lipinski definition) is 3. The molecule has 8 nitrogen and oxygen atoms in total. The van der Waals surface area contributed by atoms with Crippen LogP contribution in [0.25, 0.3) is 0 Å². The molecule has 0 aliphatic heterocycles. The molecule has 1 heterocycles. The number of benzene rings is 3. The Morgan fingerprint density at radius 3 is 1.88 bits per heavy atom. The number of nitrogen functional groups attached to an aromatic ring is 1. The summed E-state index contributed by atoms with van der Waals surface area (Å²) in [6.07, 6.45) is 1.41. The molecule has 0 bridgehead atoms. The van der Waals surface area contributed by atoms with Crippen LogP contribution >= 0.6 is 0 Å². The number of carbonyl (C=O) groups excluding carboxylic acids is 1. The molecule has 0 spiro atoms. The average molecular weight is 427 g/mol. The van der Waals surface area contributed by atoms with Gasteiger partial charge in [-0.15, -0.1) is 0 Å². The van der Waals surface area contributed by atoms with E-state index in [-0.39, 0.29) is 0 Å². The fraction of sp³-hybridized carbons (Fsp3) is 0.0417. The number of nitrogens with zero attached hydrogens (tertiary/aromatic N) is 2. The van der Waals surface area contributed by atoms with Gasteiger partial charge in [0.2, 0.25) is 0 Å². The summed E-state index contributed by atoms with van der Waals surface area (Å²) in [6, 6.07) is 23.8. The number of esters is 1. The predicted molar refractivity (Wildman–Crippen MR) is 124 cm³/mol. The molecule has 1 aromatic heterocycles. The standard InChI is InChI=1S/C24H21N5O3/c1-31-24(30)16-7-9-17(10-8-16)28-22-21(25)23(27-15-26-22)29-18-11-13-20(14-12-18)32-19-5-3-2-4-6-19/h2-15H,25H2,1H3,(H2,26,27,28,29). The van der Waals surface area contributed by atoms with Crippen LogP contribution in [0.5, 0.6) is 11.5 Å². The Labute approximate surface area is 185 Å². The maximum Gasteiger partial charge on any atom is 0.337 e. The summed E-state index contributed by atoms with van der Waals surface area (Å²) in [5.41, 5.74) is 8.59. The van der Waals surface area contributed by atoms with Crippen LogP contribution < -0.4 is 21.1 Å². The summed E-state index contributed by atoms with van der Waals surface area (Å²) < 4.78 is 10.5. The second-order valence-corrected chi connectivity index (χ2v) is 6.74. The molecule has 0 amide bonds. The lowest BCUT2D eigenvalue weighted by atomic mass is 10.2. The highest BCUT2D eigenvalue weighted by Gasteiger charge is 2.10. The first kappa shape index (κ1) is 20.7. The summed E-state index contributed by atoms with van der Waals surface area (Å²) in [4.78, 5) is 20.0. The number of hydrogen-bond acceptors (Lipinski definition) is 8. The second-order valence-electron chi connectivity index (χ2n) is 6.74. The first-order valence-corrected chi connectivity index (χ1v) is 9.78. The summed E-state index contributed by atoms with van der Waals surface area (Å²) >= 11 is 0. The molecule has 0 unspecified atom stereocenters.